The molecule has 1 saturated heterocycles. The Kier molecular flexibility index (Phi) is 7.11. The van der Waals surface area contributed by atoms with Crippen LogP contribution in [0.5, 0.6) is 17.4 Å². The molecule has 0 spiro atoms. The van der Waals surface area contributed by atoms with E-state index >= 15 is 0 Å². The number of ether oxygens (including phenoxy) is 2. The molecule has 1 aromatic heterocycles. The lowest BCUT2D eigenvalue weighted by atomic mass is 10.1. The Labute approximate surface area is 219 Å². The van der Waals surface area contributed by atoms with Crippen molar-refractivity contribution in [2.45, 2.75) is 25.4 Å². The fourth-order valence-corrected chi connectivity index (χ4v) is 4.56. The van der Waals surface area contributed by atoms with Gasteiger partial charge in [0.1, 0.15) is 16.5 Å². The first-order valence-corrected chi connectivity index (χ1v) is 12.3. The first-order valence-electron chi connectivity index (χ1n) is 12.0. The monoisotopic (exact) mass is 522 g/mol. The number of anilines is 2. The Morgan fingerprint density at radius 3 is 2.78 bits per heavy atom. The van der Waals surface area contributed by atoms with E-state index in [9.17, 15) is 9.59 Å². The number of carbonyl (C=O) groups is 2. The van der Waals surface area contributed by atoms with Gasteiger partial charge in [0.05, 0.1) is 24.6 Å². The molecule has 2 aliphatic heterocycles. The van der Waals surface area contributed by atoms with Gasteiger partial charge in [0, 0.05) is 25.2 Å². The van der Waals surface area contributed by atoms with Crippen LogP contribution in [0.4, 0.5) is 11.6 Å². The fraction of sp³-hybridized carbons (Fsp3) is 0.308. The third-order valence-corrected chi connectivity index (χ3v) is 6.64. The van der Waals surface area contributed by atoms with Crippen molar-refractivity contribution in [3.63, 3.8) is 0 Å². The van der Waals surface area contributed by atoms with Crippen molar-refractivity contribution in [1.82, 2.24) is 25.5 Å². The van der Waals surface area contributed by atoms with Gasteiger partial charge in [0.2, 0.25) is 11.8 Å². The number of nitrogens with zero attached hydrogens (tertiary/aromatic N) is 3. The van der Waals surface area contributed by atoms with Crippen molar-refractivity contribution in [2.24, 2.45) is 0 Å². The van der Waals surface area contributed by atoms with E-state index in [2.05, 4.69) is 25.9 Å². The SMILES string of the molecule is COc1cc(C(=O)NC2CCNCC2)ccc1Nc1ncc(Cl)c(Oc2cccc3c2C(=O)N(C)C3)n1. The van der Waals surface area contributed by atoms with Gasteiger partial charge in [-0.2, -0.15) is 4.98 Å². The van der Waals surface area contributed by atoms with Crippen molar-refractivity contribution in [3.8, 4) is 17.4 Å². The number of nitrogens with one attached hydrogen (secondary N) is 3. The molecule has 0 saturated carbocycles. The molecule has 10 nitrogen and oxygen atoms in total. The highest BCUT2D eigenvalue weighted by Gasteiger charge is 2.29. The summed E-state index contributed by atoms with van der Waals surface area (Å²) >= 11 is 6.31. The zero-order valence-electron chi connectivity index (χ0n) is 20.5. The lowest BCUT2D eigenvalue weighted by Gasteiger charge is -2.23. The first-order chi connectivity index (χ1) is 17.9. The van der Waals surface area contributed by atoms with Crippen LogP contribution in [0.2, 0.25) is 5.02 Å². The number of amides is 2. The summed E-state index contributed by atoms with van der Waals surface area (Å²) in [5.74, 6) is 0.870. The zero-order valence-corrected chi connectivity index (χ0v) is 21.3. The van der Waals surface area contributed by atoms with Gasteiger partial charge in [0.25, 0.3) is 11.8 Å². The number of halogens is 1. The first kappa shape index (κ1) is 24.8. The Hall–Kier alpha value is -3.89. The molecule has 0 aliphatic carbocycles. The number of aromatic nitrogens is 2. The molecule has 11 heteroatoms. The van der Waals surface area contributed by atoms with Crippen LogP contribution in [-0.2, 0) is 6.54 Å². The van der Waals surface area contributed by atoms with Gasteiger partial charge < -0.3 is 30.3 Å². The summed E-state index contributed by atoms with van der Waals surface area (Å²) in [5.41, 5.74) is 2.43. The second kappa shape index (κ2) is 10.6. The normalized spacial score (nSPS) is 15.3. The highest BCUT2D eigenvalue weighted by molar-refractivity contribution is 6.31. The summed E-state index contributed by atoms with van der Waals surface area (Å²) in [5, 5.41) is 9.65. The van der Waals surface area contributed by atoms with Crippen molar-refractivity contribution in [2.75, 3.05) is 32.6 Å². The van der Waals surface area contributed by atoms with Crippen molar-refractivity contribution in [1.29, 1.82) is 0 Å². The Morgan fingerprint density at radius 2 is 2.00 bits per heavy atom. The highest BCUT2D eigenvalue weighted by Crippen LogP contribution is 2.36. The van der Waals surface area contributed by atoms with Gasteiger partial charge in [-0.15, -0.1) is 0 Å². The minimum Gasteiger partial charge on any atom is -0.495 e. The minimum atomic E-state index is -0.147. The molecule has 192 valence electrons. The van der Waals surface area contributed by atoms with Crippen LogP contribution in [0.15, 0.2) is 42.6 Å². The lowest BCUT2D eigenvalue weighted by Crippen LogP contribution is -2.42. The average Bonchev–Trinajstić information content (AvgIpc) is 3.20. The standard InChI is InChI=1S/C26H27ClN6O4/c1-33-14-16-4-3-5-20(22(16)25(33)35)37-24-18(27)13-29-26(32-24)31-19-7-6-15(12-21(19)36-2)23(34)30-17-8-10-28-11-9-17/h3-7,12-13,17,28H,8-11,14H2,1-2H3,(H,30,34)(H,29,31,32). The number of carbonyl (C=O) groups excluding carboxylic acids is 2. The number of hydrogen-bond acceptors (Lipinski definition) is 8. The molecular weight excluding hydrogens is 496 g/mol. The number of benzene rings is 2. The minimum absolute atomic E-state index is 0.104. The molecule has 3 aromatic rings. The van der Waals surface area contributed by atoms with Gasteiger partial charge in [-0.25, -0.2) is 4.98 Å². The molecule has 37 heavy (non-hydrogen) atoms. The Bertz CT molecular complexity index is 1340. The summed E-state index contributed by atoms with van der Waals surface area (Å²) in [6.07, 6.45) is 3.21. The summed E-state index contributed by atoms with van der Waals surface area (Å²) < 4.78 is 11.5. The largest absolute Gasteiger partial charge is 0.495 e. The smallest absolute Gasteiger partial charge is 0.258 e. The van der Waals surface area contributed by atoms with E-state index in [0.29, 0.717) is 34.9 Å². The van der Waals surface area contributed by atoms with E-state index in [1.54, 1.807) is 36.2 Å². The maximum atomic E-state index is 12.7. The van der Waals surface area contributed by atoms with Crippen molar-refractivity contribution >= 4 is 35.1 Å². The summed E-state index contributed by atoms with van der Waals surface area (Å²) in [4.78, 5) is 35.6. The second-order valence-electron chi connectivity index (χ2n) is 8.94. The molecule has 2 aliphatic rings. The topological polar surface area (TPSA) is 118 Å². The van der Waals surface area contributed by atoms with E-state index in [-0.39, 0.29) is 34.7 Å². The maximum Gasteiger partial charge on any atom is 0.258 e. The average molecular weight is 523 g/mol. The van der Waals surface area contributed by atoms with Gasteiger partial charge in [-0.1, -0.05) is 23.7 Å². The summed E-state index contributed by atoms with van der Waals surface area (Å²) in [7, 11) is 3.26. The number of hydrogen-bond donors (Lipinski definition) is 3. The van der Waals surface area contributed by atoms with E-state index in [1.807, 2.05) is 12.1 Å². The number of rotatable bonds is 7. The molecule has 3 heterocycles. The Morgan fingerprint density at radius 1 is 1.19 bits per heavy atom. The van der Waals surface area contributed by atoms with E-state index in [1.165, 1.54) is 13.3 Å². The van der Waals surface area contributed by atoms with Crippen LogP contribution in [0.25, 0.3) is 0 Å². The zero-order chi connectivity index (χ0) is 25.9. The van der Waals surface area contributed by atoms with E-state index in [4.69, 9.17) is 21.1 Å². The molecule has 1 fully saturated rings. The molecular formula is C26H27ClN6O4. The summed E-state index contributed by atoms with van der Waals surface area (Å²) in [6.45, 7) is 2.30. The van der Waals surface area contributed by atoms with Gasteiger partial charge in [-0.05, 0) is 55.8 Å². The Balaban J connectivity index is 1.34. The molecule has 3 N–H and O–H groups in total. The third kappa shape index (κ3) is 5.30. The number of methoxy groups -OCH3 is 1. The second-order valence-corrected chi connectivity index (χ2v) is 9.35. The fourth-order valence-electron chi connectivity index (χ4n) is 4.43. The number of piperidine rings is 1. The molecule has 0 bridgehead atoms. The van der Waals surface area contributed by atoms with E-state index in [0.717, 1.165) is 31.5 Å². The van der Waals surface area contributed by atoms with Gasteiger partial charge >= 0.3 is 0 Å². The van der Waals surface area contributed by atoms with Crippen LogP contribution in [0.1, 0.15) is 39.1 Å². The highest BCUT2D eigenvalue weighted by atomic mass is 35.5. The van der Waals surface area contributed by atoms with Crippen LogP contribution in [-0.4, -0.2) is 60.0 Å². The predicted octanol–water partition coefficient (Wildman–Crippen LogP) is 3.74. The van der Waals surface area contributed by atoms with Crippen LogP contribution < -0.4 is 25.4 Å². The third-order valence-electron chi connectivity index (χ3n) is 6.38. The summed E-state index contributed by atoms with van der Waals surface area (Å²) in [6, 6.07) is 10.7. The van der Waals surface area contributed by atoms with Crippen molar-refractivity contribution < 1.29 is 19.1 Å². The lowest BCUT2D eigenvalue weighted by molar-refractivity contribution is 0.0814. The molecule has 5 rings (SSSR count). The maximum absolute atomic E-state index is 12.7. The van der Waals surface area contributed by atoms with Gasteiger partial charge in [0.15, 0.2) is 0 Å². The van der Waals surface area contributed by atoms with E-state index < -0.39 is 0 Å². The van der Waals surface area contributed by atoms with Crippen LogP contribution in [0, 0.1) is 0 Å². The molecule has 2 aromatic carbocycles. The molecule has 2 amide bonds. The predicted molar refractivity (Wildman–Crippen MR) is 139 cm³/mol. The quantitative estimate of drug-likeness (QED) is 0.429. The molecule has 0 atom stereocenters. The van der Waals surface area contributed by atoms with Gasteiger partial charge in [-0.3, -0.25) is 9.59 Å². The van der Waals surface area contributed by atoms with Crippen LogP contribution in [0.3, 0.4) is 0 Å². The molecule has 0 unspecified atom stereocenters. The van der Waals surface area contributed by atoms with Crippen LogP contribution >= 0.6 is 11.6 Å². The molecule has 0 radical (unpaired) electrons. The number of fused-ring (bicyclic) bond motifs is 1. The van der Waals surface area contributed by atoms with Crippen molar-refractivity contribution in [3.05, 3.63) is 64.3 Å².